The summed E-state index contributed by atoms with van der Waals surface area (Å²) in [7, 11) is 0. The summed E-state index contributed by atoms with van der Waals surface area (Å²) in [5, 5.41) is 5.29. The number of amides is 1. The number of nitrogens with zero attached hydrogens (tertiary/aromatic N) is 1. The Hall–Kier alpha value is -3.06. The van der Waals surface area contributed by atoms with Crippen molar-refractivity contribution in [1.82, 2.24) is 4.98 Å². The van der Waals surface area contributed by atoms with Crippen LogP contribution < -0.4 is 19.5 Å². The Labute approximate surface area is 159 Å². The van der Waals surface area contributed by atoms with Crippen molar-refractivity contribution >= 4 is 22.4 Å². The van der Waals surface area contributed by atoms with Gasteiger partial charge in [0, 0.05) is 17.4 Å². The van der Waals surface area contributed by atoms with E-state index >= 15 is 0 Å². The first-order valence-electron chi connectivity index (χ1n) is 8.67. The van der Waals surface area contributed by atoms with Crippen molar-refractivity contribution in [1.29, 1.82) is 0 Å². The molecule has 2 aliphatic rings. The van der Waals surface area contributed by atoms with Crippen LogP contribution in [0.1, 0.15) is 5.56 Å². The molecule has 1 atom stereocenters. The summed E-state index contributed by atoms with van der Waals surface area (Å²) in [6.07, 6.45) is 0.210. The minimum Gasteiger partial charge on any atom is -0.493 e. The predicted octanol–water partition coefficient (Wildman–Crippen LogP) is 3.52. The van der Waals surface area contributed by atoms with Gasteiger partial charge < -0.3 is 14.2 Å². The molecule has 5 rings (SSSR count). The molecule has 1 aromatic heterocycles. The lowest BCUT2D eigenvalue weighted by atomic mass is 10.1. The van der Waals surface area contributed by atoms with Gasteiger partial charge in [-0.05, 0) is 35.9 Å². The van der Waals surface area contributed by atoms with E-state index in [9.17, 15) is 4.79 Å². The molecule has 27 heavy (non-hydrogen) atoms. The summed E-state index contributed by atoms with van der Waals surface area (Å²) in [6, 6.07) is 13.4. The van der Waals surface area contributed by atoms with Gasteiger partial charge in [-0.15, -0.1) is 11.3 Å². The first-order valence-corrected chi connectivity index (χ1v) is 9.55. The zero-order valence-corrected chi connectivity index (χ0v) is 15.1. The molecule has 3 heterocycles. The summed E-state index contributed by atoms with van der Waals surface area (Å²) in [5.41, 5.74) is 3.04. The number of fused-ring (bicyclic) bond motifs is 2. The number of hydrogen-bond donors (Lipinski definition) is 1. The molecule has 2 aliphatic heterocycles. The van der Waals surface area contributed by atoms with Crippen molar-refractivity contribution in [3.8, 4) is 28.5 Å². The molecule has 136 valence electrons. The SMILES string of the molecule is O=C(Nc1nc(-c2ccc3c(c2)CCO3)cs1)C1COc2ccccc2O1. The molecule has 0 fully saturated rings. The zero-order valence-electron chi connectivity index (χ0n) is 14.3. The smallest absolute Gasteiger partial charge is 0.270 e. The molecule has 0 saturated heterocycles. The van der Waals surface area contributed by atoms with E-state index < -0.39 is 6.10 Å². The Morgan fingerprint density at radius 1 is 1.11 bits per heavy atom. The number of carbonyl (C=O) groups is 1. The van der Waals surface area contributed by atoms with E-state index in [4.69, 9.17) is 14.2 Å². The van der Waals surface area contributed by atoms with Crippen LogP contribution in [0.5, 0.6) is 17.2 Å². The highest BCUT2D eigenvalue weighted by Gasteiger charge is 2.28. The number of anilines is 1. The lowest BCUT2D eigenvalue weighted by molar-refractivity contribution is -0.125. The third-order valence-electron chi connectivity index (χ3n) is 4.52. The second kappa shape index (κ2) is 6.59. The second-order valence-corrected chi connectivity index (χ2v) is 7.17. The fraction of sp³-hybridized carbons (Fsp3) is 0.200. The van der Waals surface area contributed by atoms with E-state index in [1.807, 2.05) is 35.7 Å². The normalized spacial score (nSPS) is 17.1. The summed E-state index contributed by atoms with van der Waals surface area (Å²) < 4.78 is 16.9. The highest BCUT2D eigenvalue weighted by Crippen LogP contribution is 2.33. The number of aromatic nitrogens is 1. The maximum atomic E-state index is 12.5. The van der Waals surface area contributed by atoms with Gasteiger partial charge in [-0.3, -0.25) is 10.1 Å². The maximum absolute atomic E-state index is 12.5. The fourth-order valence-corrected chi connectivity index (χ4v) is 3.87. The lowest BCUT2D eigenvalue weighted by Gasteiger charge is -2.25. The number of ether oxygens (including phenoxy) is 3. The molecular weight excluding hydrogens is 364 g/mol. The number of hydrogen-bond acceptors (Lipinski definition) is 6. The summed E-state index contributed by atoms with van der Waals surface area (Å²) in [5.74, 6) is 1.90. The molecule has 0 bridgehead atoms. The van der Waals surface area contributed by atoms with E-state index in [0.717, 1.165) is 30.0 Å². The maximum Gasteiger partial charge on any atom is 0.270 e. The van der Waals surface area contributed by atoms with Crippen LogP contribution in [0.4, 0.5) is 5.13 Å². The van der Waals surface area contributed by atoms with Crippen molar-refractivity contribution in [2.24, 2.45) is 0 Å². The van der Waals surface area contributed by atoms with Crippen LogP contribution in [0.3, 0.4) is 0 Å². The number of nitrogens with one attached hydrogen (secondary N) is 1. The summed E-state index contributed by atoms with van der Waals surface area (Å²) in [4.78, 5) is 17.0. The molecule has 1 unspecified atom stereocenters. The van der Waals surface area contributed by atoms with Crippen molar-refractivity contribution < 1.29 is 19.0 Å². The lowest BCUT2D eigenvalue weighted by Crippen LogP contribution is -2.40. The van der Waals surface area contributed by atoms with Gasteiger partial charge in [0.05, 0.1) is 12.3 Å². The Balaban J connectivity index is 1.29. The molecule has 0 aliphatic carbocycles. The van der Waals surface area contributed by atoms with Gasteiger partial charge in [-0.2, -0.15) is 0 Å². The van der Waals surface area contributed by atoms with Crippen molar-refractivity contribution in [2.45, 2.75) is 12.5 Å². The third kappa shape index (κ3) is 3.10. The second-order valence-electron chi connectivity index (χ2n) is 6.31. The van der Waals surface area contributed by atoms with Gasteiger partial charge in [0.2, 0.25) is 6.10 Å². The Morgan fingerprint density at radius 2 is 2.00 bits per heavy atom. The van der Waals surface area contributed by atoms with Crippen LogP contribution in [0.15, 0.2) is 47.8 Å². The van der Waals surface area contributed by atoms with E-state index in [0.29, 0.717) is 16.6 Å². The van der Waals surface area contributed by atoms with Gasteiger partial charge in [0.25, 0.3) is 5.91 Å². The van der Waals surface area contributed by atoms with Gasteiger partial charge in [0.15, 0.2) is 16.6 Å². The Kier molecular flexibility index (Phi) is 3.94. The number of benzene rings is 2. The monoisotopic (exact) mass is 380 g/mol. The minimum absolute atomic E-state index is 0.173. The van der Waals surface area contributed by atoms with E-state index in [1.165, 1.54) is 16.9 Å². The van der Waals surface area contributed by atoms with Gasteiger partial charge in [0.1, 0.15) is 12.4 Å². The van der Waals surface area contributed by atoms with Crippen molar-refractivity contribution in [2.75, 3.05) is 18.5 Å². The van der Waals surface area contributed by atoms with Gasteiger partial charge in [-0.25, -0.2) is 4.98 Å². The quantitative estimate of drug-likeness (QED) is 0.753. The van der Waals surface area contributed by atoms with E-state index in [-0.39, 0.29) is 12.5 Å². The van der Waals surface area contributed by atoms with E-state index in [1.54, 1.807) is 6.07 Å². The fourth-order valence-electron chi connectivity index (χ4n) is 3.14. The average molecular weight is 380 g/mol. The molecular formula is C20H16N2O4S. The molecule has 0 spiro atoms. The zero-order chi connectivity index (χ0) is 18.2. The Morgan fingerprint density at radius 3 is 2.93 bits per heavy atom. The molecule has 1 N–H and O–H groups in total. The number of carbonyl (C=O) groups excluding carboxylic acids is 1. The first-order chi connectivity index (χ1) is 13.3. The molecule has 1 amide bonds. The highest BCUT2D eigenvalue weighted by atomic mass is 32.1. The number of rotatable bonds is 3. The molecule has 0 radical (unpaired) electrons. The van der Waals surface area contributed by atoms with E-state index in [2.05, 4.69) is 16.4 Å². The molecule has 2 aromatic carbocycles. The van der Waals surface area contributed by atoms with Crippen LogP contribution in [0, 0.1) is 0 Å². The summed E-state index contributed by atoms with van der Waals surface area (Å²) in [6.45, 7) is 0.898. The Bertz CT molecular complexity index is 1020. The van der Waals surface area contributed by atoms with Crippen LogP contribution in [0.2, 0.25) is 0 Å². The molecule has 0 saturated carbocycles. The largest absolute Gasteiger partial charge is 0.493 e. The topological polar surface area (TPSA) is 69.7 Å². The molecule has 6 nitrogen and oxygen atoms in total. The van der Waals surface area contributed by atoms with Crippen LogP contribution in [-0.2, 0) is 11.2 Å². The predicted molar refractivity (Wildman–Crippen MR) is 102 cm³/mol. The standard InChI is InChI=1S/C20H16N2O4S/c23-19(18-10-25-16-3-1-2-4-17(16)26-18)22-20-21-14(11-27-20)12-5-6-15-13(9-12)7-8-24-15/h1-6,9,11,18H,7-8,10H2,(H,21,22,23). The minimum atomic E-state index is -0.704. The van der Waals surface area contributed by atoms with Crippen LogP contribution in [0.25, 0.3) is 11.3 Å². The number of para-hydroxylation sites is 2. The van der Waals surface area contributed by atoms with Gasteiger partial charge >= 0.3 is 0 Å². The average Bonchev–Trinajstić information content (AvgIpc) is 3.36. The molecule has 7 heteroatoms. The van der Waals surface area contributed by atoms with Crippen molar-refractivity contribution in [3.05, 3.63) is 53.4 Å². The third-order valence-corrected chi connectivity index (χ3v) is 5.28. The van der Waals surface area contributed by atoms with Crippen LogP contribution >= 0.6 is 11.3 Å². The van der Waals surface area contributed by atoms with Crippen molar-refractivity contribution in [3.63, 3.8) is 0 Å². The summed E-state index contributed by atoms with van der Waals surface area (Å²) >= 11 is 1.38. The van der Waals surface area contributed by atoms with Gasteiger partial charge in [-0.1, -0.05) is 12.1 Å². The first kappa shape index (κ1) is 16.1. The molecule has 3 aromatic rings. The number of thiazole rings is 1. The highest BCUT2D eigenvalue weighted by molar-refractivity contribution is 7.14. The van der Waals surface area contributed by atoms with Crippen LogP contribution in [-0.4, -0.2) is 30.2 Å².